The molecule has 0 aliphatic heterocycles. The number of hydrogen-bond donors (Lipinski definition) is 2. The van der Waals surface area contributed by atoms with Gasteiger partial charge in [-0.05, 0) is 53.5 Å². The smallest absolute Gasteiger partial charge is 0.166 e. The molecule has 2 aromatic carbocycles. The van der Waals surface area contributed by atoms with Gasteiger partial charge in [-0.15, -0.1) is 15.0 Å². The lowest BCUT2D eigenvalue weighted by Gasteiger charge is -2.33. The summed E-state index contributed by atoms with van der Waals surface area (Å²) < 4.78 is 0. The Morgan fingerprint density at radius 1 is 0.935 bits per heavy atom. The van der Waals surface area contributed by atoms with Crippen LogP contribution in [0, 0.1) is 5.41 Å². The minimum Gasteiger partial charge on any atom is -0.504 e. The van der Waals surface area contributed by atoms with E-state index < -0.39 is 0 Å². The molecule has 5 heteroatoms. The topological polar surface area (TPSA) is 63.0 Å². The van der Waals surface area contributed by atoms with Crippen LogP contribution < -0.4 is 5.32 Å². The van der Waals surface area contributed by atoms with Crippen molar-refractivity contribution in [3.8, 4) is 11.4 Å². The summed E-state index contributed by atoms with van der Waals surface area (Å²) in [6, 6.07) is 11.9. The molecule has 0 saturated carbocycles. The van der Waals surface area contributed by atoms with E-state index >= 15 is 0 Å². The van der Waals surface area contributed by atoms with Gasteiger partial charge in [0.25, 0.3) is 0 Å². The molecule has 0 aliphatic rings. The largest absolute Gasteiger partial charge is 0.504 e. The molecule has 0 bridgehead atoms. The molecule has 0 aliphatic carbocycles. The summed E-state index contributed by atoms with van der Waals surface area (Å²) >= 11 is 0. The van der Waals surface area contributed by atoms with E-state index in [4.69, 9.17) is 0 Å². The van der Waals surface area contributed by atoms with Crippen molar-refractivity contribution in [2.75, 3.05) is 11.9 Å². The van der Waals surface area contributed by atoms with Crippen LogP contribution in [0.4, 0.5) is 5.69 Å². The number of nitrogens with one attached hydrogen (secondary N) is 1. The number of aromatic hydroxyl groups is 1. The second-order valence-corrected chi connectivity index (χ2v) is 10.5. The lowest BCUT2D eigenvalue weighted by atomic mass is 9.72. The molecule has 0 spiro atoms. The molecule has 5 nitrogen and oxygen atoms in total. The lowest BCUT2D eigenvalue weighted by molar-refractivity contribution is 0.284. The van der Waals surface area contributed by atoms with Crippen LogP contribution >= 0.6 is 0 Å². The molecule has 31 heavy (non-hydrogen) atoms. The average Bonchev–Trinajstić information content (AvgIpc) is 3.11. The molecule has 0 fully saturated rings. The third-order valence-electron chi connectivity index (χ3n) is 5.69. The van der Waals surface area contributed by atoms with Crippen molar-refractivity contribution in [2.24, 2.45) is 5.41 Å². The van der Waals surface area contributed by atoms with E-state index in [2.05, 4.69) is 63.1 Å². The van der Waals surface area contributed by atoms with Crippen LogP contribution in [-0.4, -0.2) is 26.6 Å². The Labute approximate surface area is 186 Å². The molecule has 1 aromatic heterocycles. The van der Waals surface area contributed by atoms with Gasteiger partial charge in [0.15, 0.2) is 5.75 Å². The fraction of sp³-hybridized carbons (Fsp3) is 0.538. The van der Waals surface area contributed by atoms with Crippen LogP contribution in [-0.2, 0) is 5.41 Å². The van der Waals surface area contributed by atoms with Crippen molar-refractivity contribution >= 4 is 16.7 Å². The highest BCUT2D eigenvalue weighted by Crippen LogP contribution is 2.41. The normalized spacial score (nSPS) is 12.5. The van der Waals surface area contributed by atoms with Crippen LogP contribution in [0.2, 0.25) is 0 Å². The molecular weight excluding hydrogens is 384 g/mol. The Hall–Kier alpha value is -2.56. The van der Waals surface area contributed by atoms with Gasteiger partial charge in [-0.25, -0.2) is 0 Å². The van der Waals surface area contributed by atoms with Crippen molar-refractivity contribution in [3.63, 3.8) is 0 Å². The third-order valence-corrected chi connectivity index (χ3v) is 5.69. The van der Waals surface area contributed by atoms with Gasteiger partial charge in [0, 0.05) is 6.54 Å². The zero-order chi connectivity index (χ0) is 22.6. The second-order valence-electron chi connectivity index (χ2n) is 10.5. The first-order valence-corrected chi connectivity index (χ1v) is 11.5. The summed E-state index contributed by atoms with van der Waals surface area (Å²) in [6.07, 6.45) is 5.75. The van der Waals surface area contributed by atoms with Crippen molar-refractivity contribution in [3.05, 3.63) is 42.0 Å². The van der Waals surface area contributed by atoms with E-state index in [0.29, 0.717) is 5.69 Å². The summed E-state index contributed by atoms with van der Waals surface area (Å²) in [4.78, 5) is 1.57. The number of benzene rings is 2. The number of anilines is 1. The first kappa shape index (κ1) is 23.1. The molecule has 2 N–H and O–H groups in total. The minimum absolute atomic E-state index is 0.0636. The highest BCUT2D eigenvalue weighted by molar-refractivity contribution is 5.74. The predicted molar refractivity (Wildman–Crippen MR) is 130 cm³/mol. The molecule has 0 atom stereocenters. The number of hydrogen-bond acceptors (Lipinski definition) is 4. The number of fused-ring (bicyclic) bond motifs is 1. The minimum atomic E-state index is -0.0636. The maximum absolute atomic E-state index is 11.1. The van der Waals surface area contributed by atoms with E-state index in [1.165, 1.54) is 24.8 Å². The van der Waals surface area contributed by atoms with Crippen LogP contribution in [0.15, 0.2) is 36.4 Å². The number of phenols is 1. The van der Waals surface area contributed by atoms with Gasteiger partial charge in [0.05, 0.1) is 5.69 Å². The van der Waals surface area contributed by atoms with Crippen LogP contribution in [0.3, 0.4) is 0 Å². The van der Waals surface area contributed by atoms with Gasteiger partial charge in [-0.3, -0.25) is 0 Å². The molecule has 0 saturated heterocycles. The summed E-state index contributed by atoms with van der Waals surface area (Å²) in [7, 11) is 0. The quantitative estimate of drug-likeness (QED) is 0.293. The number of nitrogens with zero attached hydrogens (tertiary/aromatic N) is 3. The highest BCUT2D eigenvalue weighted by Gasteiger charge is 2.29. The first-order valence-electron chi connectivity index (χ1n) is 11.5. The average molecular weight is 423 g/mol. The fourth-order valence-corrected chi connectivity index (χ4v) is 4.47. The Kier molecular flexibility index (Phi) is 6.93. The summed E-state index contributed by atoms with van der Waals surface area (Å²) in [5, 5.41) is 23.8. The Balaban J connectivity index is 2.02. The Bertz CT molecular complexity index is 981. The van der Waals surface area contributed by atoms with Crippen LogP contribution in [0.5, 0.6) is 5.75 Å². The lowest BCUT2D eigenvalue weighted by Crippen LogP contribution is -2.25. The van der Waals surface area contributed by atoms with E-state index in [0.717, 1.165) is 36.1 Å². The zero-order valence-corrected chi connectivity index (χ0v) is 20.0. The molecule has 1 heterocycles. The molecule has 168 valence electrons. The van der Waals surface area contributed by atoms with Gasteiger partial charge >= 0.3 is 0 Å². The van der Waals surface area contributed by atoms with Gasteiger partial charge < -0.3 is 10.4 Å². The summed E-state index contributed by atoms with van der Waals surface area (Å²) in [6.45, 7) is 14.4. The van der Waals surface area contributed by atoms with Gasteiger partial charge in [0.2, 0.25) is 0 Å². The summed E-state index contributed by atoms with van der Waals surface area (Å²) in [5.74, 6) is 0.200. The molecule has 0 unspecified atom stereocenters. The van der Waals surface area contributed by atoms with Gasteiger partial charge in [-0.2, -0.15) is 0 Å². The van der Waals surface area contributed by atoms with Gasteiger partial charge in [-0.1, -0.05) is 72.9 Å². The van der Waals surface area contributed by atoms with Gasteiger partial charge in [0.1, 0.15) is 16.7 Å². The number of unbranched alkanes of at least 4 members (excludes halogenated alkanes) is 3. The predicted octanol–water partition coefficient (Wildman–Crippen LogP) is 6.83. The molecule has 3 rings (SSSR count). The number of rotatable bonds is 9. The standard InChI is InChI=1S/C26H38N4O/c1-7-8-9-12-15-27-22-16-19(26(5,6)18-25(2,3)4)17-23(24(22)31)30-28-20-13-10-11-14-21(20)29-30/h10-11,13-14,16-17,27,31H,7-9,12,15,18H2,1-6H3. The second kappa shape index (κ2) is 9.29. The Morgan fingerprint density at radius 2 is 1.58 bits per heavy atom. The fourth-order valence-electron chi connectivity index (χ4n) is 4.47. The van der Waals surface area contributed by atoms with E-state index in [1.54, 1.807) is 4.80 Å². The maximum Gasteiger partial charge on any atom is 0.166 e. The third kappa shape index (κ3) is 5.78. The Morgan fingerprint density at radius 3 is 2.16 bits per heavy atom. The molecular formula is C26H38N4O. The highest BCUT2D eigenvalue weighted by atomic mass is 16.3. The van der Waals surface area contributed by atoms with Crippen molar-refractivity contribution < 1.29 is 5.11 Å². The number of phenolic OH excluding ortho intramolecular Hbond substituents is 1. The van der Waals surface area contributed by atoms with Crippen LogP contribution in [0.25, 0.3) is 16.7 Å². The van der Waals surface area contributed by atoms with Crippen molar-refractivity contribution in [1.82, 2.24) is 15.0 Å². The van der Waals surface area contributed by atoms with E-state index in [1.807, 2.05) is 30.3 Å². The number of aromatic nitrogens is 3. The van der Waals surface area contributed by atoms with Crippen LogP contribution in [0.1, 0.15) is 79.2 Å². The molecule has 0 amide bonds. The first-order chi connectivity index (χ1) is 14.6. The van der Waals surface area contributed by atoms with E-state index in [-0.39, 0.29) is 16.6 Å². The van der Waals surface area contributed by atoms with Crippen molar-refractivity contribution in [2.45, 2.75) is 79.1 Å². The maximum atomic E-state index is 11.1. The monoisotopic (exact) mass is 422 g/mol. The SMILES string of the molecule is CCCCCCNc1cc(C(C)(C)CC(C)(C)C)cc(-n2nc3ccccc3n2)c1O. The molecule has 0 radical (unpaired) electrons. The van der Waals surface area contributed by atoms with Crippen molar-refractivity contribution in [1.29, 1.82) is 0 Å². The zero-order valence-electron chi connectivity index (χ0n) is 20.0. The van der Waals surface area contributed by atoms with E-state index in [9.17, 15) is 5.11 Å². The molecule has 3 aromatic rings. The summed E-state index contributed by atoms with van der Waals surface area (Å²) in [5.41, 5.74) is 4.30.